The van der Waals surface area contributed by atoms with E-state index in [9.17, 15) is 4.79 Å². The quantitative estimate of drug-likeness (QED) is 0.819. The van der Waals surface area contributed by atoms with Crippen molar-refractivity contribution in [3.8, 4) is 5.75 Å². The molecule has 0 spiro atoms. The van der Waals surface area contributed by atoms with Gasteiger partial charge in [-0.05, 0) is 42.3 Å². The third-order valence-electron chi connectivity index (χ3n) is 3.05. The molecule has 0 radical (unpaired) electrons. The molecule has 0 bridgehead atoms. The molecular weight excluding hydrogens is 252 g/mol. The maximum atomic E-state index is 11.9. The molecule has 2 aromatic rings. The number of carbonyl (C=O) groups is 1. The molecule has 0 fully saturated rings. The summed E-state index contributed by atoms with van der Waals surface area (Å²) < 4.78 is 5.27. The van der Waals surface area contributed by atoms with E-state index in [1.165, 1.54) is 0 Å². The Bertz CT molecular complexity index is 579. The van der Waals surface area contributed by atoms with Crippen LogP contribution in [0.4, 0.5) is 5.69 Å². The first-order chi connectivity index (χ1) is 9.70. The molecule has 2 rings (SSSR count). The predicted molar refractivity (Wildman–Crippen MR) is 79.9 cm³/mol. The van der Waals surface area contributed by atoms with Gasteiger partial charge in [-0.15, -0.1) is 0 Å². The van der Waals surface area contributed by atoms with Crippen molar-refractivity contribution in [1.82, 2.24) is 5.32 Å². The summed E-state index contributed by atoms with van der Waals surface area (Å²) in [6.45, 7) is 0.559. The number of carbonyl (C=O) groups excluding carboxylic acids is 1. The van der Waals surface area contributed by atoms with Crippen molar-refractivity contribution in [3.63, 3.8) is 0 Å². The molecule has 0 heterocycles. The third kappa shape index (κ3) is 3.51. The van der Waals surface area contributed by atoms with Crippen molar-refractivity contribution in [3.05, 3.63) is 59.7 Å². The lowest BCUT2D eigenvalue weighted by atomic mass is 10.1. The van der Waals surface area contributed by atoms with Crippen LogP contribution in [0.15, 0.2) is 48.5 Å². The lowest BCUT2D eigenvalue weighted by Crippen LogP contribution is -2.25. The fraction of sp³-hybridized carbons (Fsp3) is 0.188. The maximum absolute atomic E-state index is 11.9. The van der Waals surface area contributed by atoms with Crippen LogP contribution in [0.25, 0.3) is 0 Å². The van der Waals surface area contributed by atoms with E-state index in [1.54, 1.807) is 31.4 Å². The summed E-state index contributed by atoms with van der Waals surface area (Å²) in [6, 6.07) is 14.7. The van der Waals surface area contributed by atoms with Gasteiger partial charge in [0.25, 0.3) is 5.91 Å². The van der Waals surface area contributed by atoms with Crippen LogP contribution in [0, 0.1) is 0 Å². The van der Waals surface area contributed by atoms with Gasteiger partial charge in [-0.25, -0.2) is 0 Å². The van der Waals surface area contributed by atoms with Gasteiger partial charge in [-0.3, -0.25) is 4.79 Å². The molecule has 0 aliphatic heterocycles. The SMILES string of the molecule is COc1ccccc1CCNC(=O)c1ccc(N)cc1. The molecule has 20 heavy (non-hydrogen) atoms. The molecule has 2 aromatic carbocycles. The number of nitrogen functional groups attached to an aromatic ring is 1. The van der Waals surface area contributed by atoms with Crippen LogP contribution in [-0.4, -0.2) is 19.6 Å². The van der Waals surface area contributed by atoms with E-state index in [1.807, 2.05) is 24.3 Å². The molecule has 0 saturated carbocycles. The number of methoxy groups -OCH3 is 1. The first-order valence-corrected chi connectivity index (χ1v) is 6.46. The second-order valence-corrected chi connectivity index (χ2v) is 4.44. The normalized spacial score (nSPS) is 10.1. The number of nitrogens with two attached hydrogens (primary N) is 1. The number of benzene rings is 2. The van der Waals surface area contributed by atoms with E-state index in [4.69, 9.17) is 10.5 Å². The number of para-hydroxylation sites is 1. The van der Waals surface area contributed by atoms with Gasteiger partial charge in [0.15, 0.2) is 0 Å². The fourth-order valence-electron chi connectivity index (χ4n) is 1.96. The van der Waals surface area contributed by atoms with Crippen molar-refractivity contribution in [2.45, 2.75) is 6.42 Å². The minimum atomic E-state index is -0.0973. The van der Waals surface area contributed by atoms with Crippen LogP contribution >= 0.6 is 0 Å². The van der Waals surface area contributed by atoms with Gasteiger partial charge in [0.05, 0.1) is 7.11 Å². The van der Waals surface area contributed by atoms with Crippen LogP contribution in [-0.2, 0) is 6.42 Å². The highest BCUT2D eigenvalue weighted by Crippen LogP contribution is 2.17. The molecule has 0 saturated heterocycles. The number of ether oxygens (including phenoxy) is 1. The van der Waals surface area contributed by atoms with Gasteiger partial charge in [0.1, 0.15) is 5.75 Å². The Hall–Kier alpha value is -2.49. The van der Waals surface area contributed by atoms with E-state index in [2.05, 4.69) is 5.32 Å². The van der Waals surface area contributed by atoms with Gasteiger partial charge in [-0.1, -0.05) is 18.2 Å². The highest BCUT2D eigenvalue weighted by molar-refractivity contribution is 5.94. The maximum Gasteiger partial charge on any atom is 0.251 e. The zero-order valence-electron chi connectivity index (χ0n) is 11.4. The van der Waals surface area contributed by atoms with Gasteiger partial charge in [0.2, 0.25) is 0 Å². The summed E-state index contributed by atoms with van der Waals surface area (Å²) in [7, 11) is 1.64. The second kappa shape index (κ2) is 6.61. The van der Waals surface area contributed by atoms with Crippen LogP contribution in [0.3, 0.4) is 0 Å². The average molecular weight is 270 g/mol. The van der Waals surface area contributed by atoms with Crippen molar-refractivity contribution < 1.29 is 9.53 Å². The number of rotatable bonds is 5. The summed E-state index contributed by atoms with van der Waals surface area (Å²) in [6.07, 6.45) is 0.727. The monoisotopic (exact) mass is 270 g/mol. The van der Waals surface area contributed by atoms with Crippen LogP contribution in [0.2, 0.25) is 0 Å². The second-order valence-electron chi connectivity index (χ2n) is 4.44. The Morgan fingerprint density at radius 2 is 1.85 bits per heavy atom. The summed E-state index contributed by atoms with van der Waals surface area (Å²) in [4.78, 5) is 11.9. The average Bonchev–Trinajstić information content (AvgIpc) is 2.48. The Kier molecular flexibility index (Phi) is 4.60. The lowest BCUT2D eigenvalue weighted by Gasteiger charge is -2.09. The zero-order chi connectivity index (χ0) is 14.4. The molecule has 0 atom stereocenters. The number of nitrogens with one attached hydrogen (secondary N) is 1. The number of anilines is 1. The number of amides is 1. The minimum Gasteiger partial charge on any atom is -0.496 e. The first-order valence-electron chi connectivity index (χ1n) is 6.46. The highest BCUT2D eigenvalue weighted by atomic mass is 16.5. The topological polar surface area (TPSA) is 64.3 Å². The van der Waals surface area contributed by atoms with E-state index in [0.717, 1.165) is 17.7 Å². The van der Waals surface area contributed by atoms with Crippen LogP contribution < -0.4 is 15.8 Å². The molecule has 0 unspecified atom stereocenters. The Morgan fingerprint density at radius 1 is 1.15 bits per heavy atom. The number of hydrogen-bond acceptors (Lipinski definition) is 3. The van der Waals surface area contributed by atoms with Gasteiger partial charge in [0, 0.05) is 17.8 Å². The Labute approximate surface area is 118 Å². The van der Waals surface area contributed by atoms with Gasteiger partial charge >= 0.3 is 0 Å². The molecule has 3 N–H and O–H groups in total. The zero-order valence-corrected chi connectivity index (χ0v) is 11.4. The molecule has 1 amide bonds. The largest absolute Gasteiger partial charge is 0.496 e. The van der Waals surface area contributed by atoms with Crippen molar-refractivity contribution in [1.29, 1.82) is 0 Å². The minimum absolute atomic E-state index is 0.0973. The van der Waals surface area contributed by atoms with E-state index in [-0.39, 0.29) is 5.91 Å². The van der Waals surface area contributed by atoms with Crippen molar-refractivity contribution in [2.24, 2.45) is 0 Å². The highest BCUT2D eigenvalue weighted by Gasteiger charge is 2.06. The molecule has 104 valence electrons. The molecular formula is C16H18N2O2. The van der Waals surface area contributed by atoms with Gasteiger partial charge in [-0.2, -0.15) is 0 Å². The summed E-state index contributed by atoms with van der Waals surface area (Å²) in [5, 5.41) is 2.88. The molecule has 4 heteroatoms. The van der Waals surface area contributed by atoms with Crippen LogP contribution in [0.5, 0.6) is 5.75 Å². The van der Waals surface area contributed by atoms with E-state index >= 15 is 0 Å². The number of hydrogen-bond donors (Lipinski definition) is 2. The van der Waals surface area contributed by atoms with Crippen LogP contribution in [0.1, 0.15) is 15.9 Å². The first kappa shape index (κ1) is 13.9. The summed E-state index contributed by atoms with van der Waals surface area (Å²) in [5.41, 5.74) is 7.92. The molecule has 4 nitrogen and oxygen atoms in total. The standard InChI is InChI=1S/C16H18N2O2/c1-20-15-5-3-2-4-12(15)10-11-18-16(19)13-6-8-14(17)9-7-13/h2-9H,10-11,17H2,1H3,(H,18,19). The lowest BCUT2D eigenvalue weighted by molar-refractivity contribution is 0.0954. The Morgan fingerprint density at radius 3 is 2.55 bits per heavy atom. The smallest absolute Gasteiger partial charge is 0.251 e. The predicted octanol–water partition coefficient (Wildman–Crippen LogP) is 2.25. The summed E-state index contributed by atoms with van der Waals surface area (Å²) in [5.74, 6) is 0.745. The Balaban J connectivity index is 1.89. The summed E-state index contributed by atoms with van der Waals surface area (Å²) >= 11 is 0. The molecule has 0 aromatic heterocycles. The molecule has 0 aliphatic rings. The van der Waals surface area contributed by atoms with E-state index in [0.29, 0.717) is 17.8 Å². The third-order valence-corrected chi connectivity index (χ3v) is 3.05. The molecule has 0 aliphatic carbocycles. The van der Waals surface area contributed by atoms with E-state index < -0.39 is 0 Å². The van der Waals surface area contributed by atoms with Crippen molar-refractivity contribution >= 4 is 11.6 Å². The van der Waals surface area contributed by atoms with Gasteiger partial charge < -0.3 is 15.8 Å². The van der Waals surface area contributed by atoms with Crippen molar-refractivity contribution in [2.75, 3.05) is 19.4 Å². The fourth-order valence-corrected chi connectivity index (χ4v) is 1.96.